The Morgan fingerprint density at radius 2 is 1.94 bits per heavy atom. The van der Waals surface area contributed by atoms with Gasteiger partial charge in [0.1, 0.15) is 5.84 Å². The van der Waals surface area contributed by atoms with Gasteiger partial charge in [-0.05, 0) is 24.3 Å². The topological polar surface area (TPSA) is 102 Å². The lowest BCUT2D eigenvalue weighted by molar-refractivity contribution is 0.265. The molecule has 0 aromatic heterocycles. The number of amides is 1. The first-order chi connectivity index (χ1) is 7.95. The Kier molecular flexibility index (Phi) is 3.18. The lowest BCUT2D eigenvalue weighted by Gasteiger charge is -1.99. The van der Waals surface area contributed by atoms with Crippen LogP contribution in [-0.4, -0.2) is 25.2 Å². The highest BCUT2D eigenvalue weighted by atomic mass is 32.2. The molecule has 1 aromatic rings. The van der Waals surface area contributed by atoms with E-state index >= 15 is 0 Å². The summed E-state index contributed by atoms with van der Waals surface area (Å²) in [5.41, 5.74) is 0.565. The molecule has 17 heavy (non-hydrogen) atoms. The zero-order valence-corrected chi connectivity index (χ0v) is 10.2. The van der Waals surface area contributed by atoms with Gasteiger partial charge in [0.2, 0.25) is 10.0 Å². The average Bonchev–Trinajstić information content (AvgIpc) is 2.63. The fourth-order valence-electron chi connectivity index (χ4n) is 1.25. The molecule has 1 aromatic carbocycles. The van der Waals surface area contributed by atoms with Crippen molar-refractivity contribution in [1.29, 1.82) is 0 Å². The Hall–Kier alpha value is -1.38. The highest BCUT2D eigenvalue weighted by Gasteiger charge is 2.16. The van der Waals surface area contributed by atoms with Crippen molar-refractivity contribution in [1.82, 2.24) is 5.32 Å². The molecule has 1 aliphatic heterocycles. The van der Waals surface area contributed by atoms with E-state index in [4.69, 9.17) is 5.14 Å². The summed E-state index contributed by atoms with van der Waals surface area (Å²) in [7, 11) is -3.68. The van der Waals surface area contributed by atoms with Crippen LogP contribution in [0.3, 0.4) is 0 Å². The van der Waals surface area contributed by atoms with Gasteiger partial charge in [-0.3, -0.25) is 4.79 Å². The number of rotatable bonds is 2. The molecule has 1 heterocycles. The Bertz CT molecular complexity index is 578. The van der Waals surface area contributed by atoms with Crippen LogP contribution in [0, 0.1) is 0 Å². The molecule has 3 N–H and O–H groups in total. The van der Waals surface area contributed by atoms with E-state index in [1.807, 2.05) is 0 Å². The highest BCUT2D eigenvalue weighted by Crippen LogP contribution is 2.18. The van der Waals surface area contributed by atoms with E-state index < -0.39 is 10.0 Å². The van der Waals surface area contributed by atoms with Crippen molar-refractivity contribution < 1.29 is 13.2 Å². The number of nitrogens with two attached hydrogens (primary N) is 1. The van der Waals surface area contributed by atoms with Crippen LogP contribution in [0.25, 0.3) is 0 Å². The number of thioether (sulfide) groups is 1. The van der Waals surface area contributed by atoms with E-state index in [-0.39, 0.29) is 10.1 Å². The van der Waals surface area contributed by atoms with Crippen LogP contribution in [0.15, 0.2) is 34.2 Å². The van der Waals surface area contributed by atoms with Gasteiger partial charge >= 0.3 is 0 Å². The lowest BCUT2D eigenvalue weighted by atomic mass is 10.3. The normalized spacial score (nSPS) is 18.4. The second-order valence-electron chi connectivity index (χ2n) is 3.30. The van der Waals surface area contributed by atoms with Crippen molar-refractivity contribution in [3.63, 3.8) is 0 Å². The van der Waals surface area contributed by atoms with Gasteiger partial charge in [0, 0.05) is 0 Å². The van der Waals surface area contributed by atoms with Crippen molar-refractivity contribution in [3.05, 3.63) is 24.3 Å². The van der Waals surface area contributed by atoms with Crippen LogP contribution < -0.4 is 10.5 Å². The van der Waals surface area contributed by atoms with E-state index in [0.717, 1.165) is 11.8 Å². The second kappa shape index (κ2) is 4.47. The second-order valence-corrected chi connectivity index (χ2v) is 5.81. The summed E-state index contributed by atoms with van der Waals surface area (Å²) < 4.78 is 22.0. The van der Waals surface area contributed by atoms with Crippen molar-refractivity contribution in [2.75, 3.05) is 5.75 Å². The summed E-state index contributed by atoms with van der Waals surface area (Å²) in [5.74, 6) is 1.05. The van der Waals surface area contributed by atoms with Crippen LogP contribution in [-0.2, 0) is 10.0 Å². The van der Waals surface area contributed by atoms with Crippen molar-refractivity contribution in [2.24, 2.45) is 10.1 Å². The first-order valence-electron chi connectivity index (χ1n) is 4.59. The van der Waals surface area contributed by atoms with Crippen LogP contribution in [0.1, 0.15) is 0 Å². The molecule has 6 nitrogen and oxygen atoms in total. The molecule has 2 rings (SSSR count). The van der Waals surface area contributed by atoms with Gasteiger partial charge in [-0.2, -0.15) is 0 Å². The molecule has 0 atom stereocenters. The number of hydrogen-bond acceptors (Lipinski definition) is 5. The maximum Gasteiger partial charge on any atom is 0.284 e. The van der Waals surface area contributed by atoms with Gasteiger partial charge < -0.3 is 5.32 Å². The number of sulfonamides is 1. The molecule has 0 aliphatic carbocycles. The van der Waals surface area contributed by atoms with E-state index in [0.29, 0.717) is 17.3 Å². The summed E-state index contributed by atoms with van der Waals surface area (Å²) in [5, 5.41) is 7.41. The highest BCUT2D eigenvalue weighted by molar-refractivity contribution is 8.14. The maximum absolute atomic E-state index is 11.0. The fraction of sp³-hybridized carbons (Fsp3) is 0.111. The molecule has 0 unspecified atom stereocenters. The summed E-state index contributed by atoms with van der Waals surface area (Å²) in [6.45, 7) is 0. The molecule has 0 spiro atoms. The van der Waals surface area contributed by atoms with Gasteiger partial charge in [-0.25, -0.2) is 18.5 Å². The Labute approximate surface area is 102 Å². The Balaban J connectivity index is 2.22. The van der Waals surface area contributed by atoms with Gasteiger partial charge in [0.05, 0.1) is 16.3 Å². The molecule has 1 fully saturated rings. The van der Waals surface area contributed by atoms with Crippen LogP contribution in [0.4, 0.5) is 10.5 Å². The van der Waals surface area contributed by atoms with E-state index in [2.05, 4.69) is 10.3 Å². The zero-order chi connectivity index (χ0) is 12.5. The first kappa shape index (κ1) is 12.1. The zero-order valence-electron chi connectivity index (χ0n) is 8.58. The lowest BCUT2D eigenvalue weighted by Crippen LogP contribution is -2.19. The predicted molar refractivity (Wildman–Crippen MR) is 65.9 cm³/mol. The SMILES string of the molecule is NS(=O)(=O)c1ccc(N=C2CSC(=O)N2)cc1. The first-order valence-corrected chi connectivity index (χ1v) is 7.12. The third kappa shape index (κ3) is 3.05. The molecule has 8 heteroatoms. The molecule has 1 amide bonds. The molecular weight excluding hydrogens is 262 g/mol. The minimum Gasteiger partial charge on any atom is -0.304 e. The average molecular weight is 271 g/mol. The number of aliphatic imine (C=N–C) groups is 1. The van der Waals surface area contributed by atoms with Crippen LogP contribution in [0.2, 0.25) is 0 Å². The number of hydrogen-bond donors (Lipinski definition) is 2. The van der Waals surface area contributed by atoms with Gasteiger partial charge in [-0.15, -0.1) is 0 Å². The molecule has 0 radical (unpaired) electrons. The molecule has 1 saturated heterocycles. The summed E-state index contributed by atoms with van der Waals surface area (Å²) in [6.07, 6.45) is 0. The van der Waals surface area contributed by atoms with E-state index in [9.17, 15) is 13.2 Å². The number of amidine groups is 1. The molecule has 90 valence electrons. The van der Waals surface area contributed by atoms with Crippen molar-refractivity contribution in [3.8, 4) is 0 Å². The smallest absolute Gasteiger partial charge is 0.284 e. The standard InChI is InChI=1S/C9H9N3O3S2/c10-17(14,15)7-3-1-6(2-4-7)11-8-5-16-9(13)12-8/h1-4H,5H2,(H2,10,14,15)(H,11,12,13). The summed E-state index contributed by atoms with van der Waals surface area (Å²) >= 11 is 1.14. The fourth-order valence-corrected chi connectivity index (χ4v) is 2.36. The minimum absolute atomic E-state index is 0.0336. The predicted octanol–water partition coefficient (Wildman–Crippen LogP) is 0.820. The summed E-state index contributed by atoms with van der Waals surface area (Å²) in [6, 6.07) is 5.81. The van der Waals surface area contributed by atoms with E-state index in [1.54, 1.807) is 0 Å². The van der Waals surface area contributed by atoms with Crippen LogP contribution >= 0.6 is 11.8 Å². The third-order valence-electron chi connectivity index (χ3n) is 2.02. The van der Waals surface area contributed by atoms with Crippen molar-refractivity contribution in [2.45, 2.75) is 4.90 Å². The Morgan fingerprint density at radius 3 is 2.41 bits per heavy atom. The number of benzene rings is 1. The molecule has 1 aliphatic rings. The number of nitrogens with one attached hydrogen (secondary N) is 1. The van der Waals surface area contributed by atoms with E-state index in [1.165, 1.54) is 24.3 Å². The number of carbonyl (C=O) groups excluding carboxylic acids is 1. The quantitative estimate of drug-likeness (QED) is 0.831. The third-order valence-corrected chi connectivity index (χ3v) is 3.73. The monoisotopic (exact) mass is 271 g/mol. The molecule has 0 saturated carbocycles. The van der Waals surface area contributed by atoms with Gasteiger partial charge in [-0.1, -0.05) is 11.8 Å². The molecule has 0 bridgehead atoms. The maximum atomic E-state index is 11.0. The number of primary sulfonamides is 1. The van der Waals surface area contributed by atoms with Gasteiger partial charge in [0.25, 0.3) is 5.24 Å². The number of nitrogens with zero attached hydrogens (tertiary/aromatic N) is 1. The largest absolute Gasteiger partial charge is 0.304 e. The Morgan fingerprint density at radius 1 is 1.29 bits per heavy atom. The number of carbonyl (C=O) groups is 1. The summed E-state index contributed by atoms with van der Waals surface area (Å²) in [4.78, 5) is 15.1. The van der Waals surface area contributed by atoms with Crippen molar-refractivity contribution >= 4 is 38.5 Å². The van der Waals surface area contributed by atoms with Crippen LogP contribution in [0.5, 0.6) is 0 Å². The molecular formula is C9H9N3O3S2. The van der Waals surface area contributed by atoms with Gasteiger partial charge in [0.15, 0.2) is 0 Å². The minimum atomic E-state index is -3.68.